The van der Waals surface area contributed by atoms with Gasteiger partial charge in [0.15, 0.2) is 5.82 Å². The van der Waals surface area contributed by atoms with Gasteiger partial charge in [0.1, 0.15) is 16.6 Å². The second-order valence-electron chi connectivity index (χ2n) is 5.26. The van der Waals surface area contributed by atoms with Crippen LogP contribution >= 0.6 is 11.6 Å². The minimum Gasteiger partial charge on any atom is -0.437 e. The molecule has 3 aromatic rings. The highest BCUT2D eigenvalue weighted by molar-refractivity contribution is 6.29. The van der Waals surface area contributed by atoms with E-state index in [2.05, 4.69) is 19.9 Å². The molecule has 1 aliphatic carbocycles. The maximum atomic E-state index is 5.94. The van der Waals surface area contributed by atoms with Crippen LogP contribution in [0, 0.1) is 0 Å². The van der Waals surface area contributed by atoms with E-state index in [1.165, 1.54) is 0 Å². The summed E-state index contributed by atoms with van der Waals surface area (Å²) in [6, 6.07) is 9.15. The summed E-state index contributed by atoms with van der Waals surface area (Å²) in [5, 5.41) is 0.430. The highest BCUT2D eigenvalue weighted by Gasteiger charge is 2.21. The number of ether oxygens (including phenoxy) is 1. The number of fused-ring (bicyclic) bond motifs is 1. The SMILES string of the molecule is Clc1ccc(Oc2nc(-c3ccccn3)nc3c2CCC3)cn1. The van der Waals surface area contributed by atoms with Crippen LogP contribution in [0.4, 0.5) is 0 Å². The van der Waals surface area contributed by atoms with Crippen LogP contribution in [-0.4, -0.2) is 19.9 Å². The molecular formula is C17H13ClN4O. The smallest absolute Gasteiger partial charge is 0.226 e. The van der Waals surface area contributed by atoms with E-state index in [4.69, 9.17) is 16.3 Å². The first-order valence-corrected chi connectivity index (χ1v) is 7.78. The van der Waals surface area contributed by atoms with Gasteiger partial charge in [-0.3, -0.25) is 4.98 Å². The van der Waals surface area contributed by atoms with E-state index in [1.54, 1.807) is 24.5 Å². The van der Waals surface area contributed by atoms with Gasteiger partial charge in [-0.05, 0) is 43.5 Å². The molecule has 3 aromatic heterocycles. The van der Waals surface area contributed by atoms with Crippen LogP contribution in [0.3, 0.4) is 0 Å². The summed E-state index contributed by atoms with van der Waals surface area (Å²) in [5.74, 6) is 1.77. The first kappa shape index (κ1) is 14.1. The van der Waals surface area contributed by atoms with Crippen molar-refractivity contribution in [2.24, 2.45) is 0 Å². The lowest BCUT2D eigenvalue weighted by Gasteiger charge is -2.11. The monoisotopic (exact) mass is 324 g/mol. The van der Waals surface area contributed by atoms with Gasteiger partial charge in [0.25, 0.3) is 0 Å². The Kier molecular flexibility index (Phi) is 3.63. The van der Waals surface area contributed by atoms with E-state index < -0.39 is 0 Å². The Hall–Kier alpha value is -2.53. The lowest BCUT2D eigenvalue weighted by Crippen LogP contribution is -2.01. The Morgan fingerprint density at radius 1 is 1.00 bits per heavy atom. The zero-order valence-electron chi connectivity index (χ0n) is 12.2. The van der Waals surface area contributed by atoms with Crippen LogP contribution in [-0.2, 0) is 12.8 Å². The van der Waals surface area contributed by atoms with Crippen molar-refractivity contribution >= 4 is 11.6 Å². The average molecular weight is 325 g/mol. The van der Waals surface area contributed by atoms with Crippen molar-refractivity contribution in [3.63, 3.8) is 0 Å². The fourth-order valence-corrected chi connectivity index (χ4v) is 2.74. The number of aryl methyl sites for hydroxylation is 1. The van der Waals surface area contributed by atoms with Gasteiger partial charge in [0, 0.05) is 11.8 Å². The molecule has 5 nitrogen and oxygen atoms in total. The second kappa shape index (κ2) is 5.93. The Morgan fingerprint density at radius 2 is 1.96 bits per heavy atom. The highest BCUT2D eigenvalue weighted by Crippen LogP contribution is 2.32. The Labute approximate surface area is 138 Å². The first-order valence-electron chi connectivity index (χ1n) is 7.40. The Balaban J connectivity index is 1.76. The zero-order chi connectivity index (χ0) is 15.6. The number of aromatic nitrogens is 4. The molecule has 0 fully saturated rings. The largest absolute Gasteiger partial charge is 0.437 e. The van der Waals surface area contributed by atoms with Crippen molar-refractivity contribution in [1.29, 1.82) is 0 Å². The molecular weight excluding hydrogens is 312 g/mol. The molecule has 0 aromatic carbocycles. The minimum atomic E-state index is 0.430. The van der Waals surface area contributed by atoms with E-state index in [-0.39, 0.29) is 0 Å². The summed E-state index contributed by atoms with van der Waals surface area (Å²) < 4.78 is 5.94. The third-order valence-corrected chi connectivity index (χ3v) is 3.93. The number of hydrogen-bond acceptors (Lipinski definition) is 5. The minimum absolute atomic E-state index is 0.430. The summed E-state index contributed by atoms with van der Waals surface area (Å²) in [7, 11) is 0. The van der Waals surface area contributed by atoms with E-state index in [9.17, 15) is 0 Å². The molecule has 23 heavy (non-hydrogen) atoms. The predicted octanol–water partition coefficient (Wildman–Crippen LogP) is 3.87. The molecule has 0 saturated carbocycles. The number of rotatable bonds is 3. The van der Waals surface area contributed by atoms with Gasteiger partial charge in [-0.15, -0.1) is 0 Å². The van der Waals surface area contributed by atoms with Gasteiger partial charge in [-0.2, -0.15) is 4.98 Å². The average Bonchev–Trinajstić information content (AvgIpc) is 3.06. The fourth-order valence-electron chi connectivity index (χ4n) is 2.63. The molecule has 0 saturated heterocycles. The van der Waals surface area contributed by atoms with Crippen molar-refractivity contribution in [2.75, 3.05) is 0 Å². The number of hydrogen-bond donors (Lipinski definition) is 0. The van der Waals surface area contributed by atoms with Crippen LogP contribution in [0.25, 0.3) is 11.5 Å². The predicted molar refractivity (Wildman–Crippen MR) is 86.6 cm³/mol. The molecule has 114 valence electrons. The molecule has 3 heterocycles. The van der Waals surface area contributed by atoms with Gasteiger partial charge in [0.05, 0.1) is 11.9 Å². The van der Waals surface area contributed by atoms with Crippen LogP contribution in [0.1, 0.15) is 17.7 Å². The topological polar surface area (TPSA) is 60.8 Å². The lowest BCUT2D eigenvalue weighted by atomic mass is 10.2. The van der Waals surface area contributed by atoms with Crippen LogP contribution in [0.2, 0.25) is 5.15 Å². The summed E-state index contributed by atoms with van der Waals surface area (Å²) >= 11 is 5.81. The van der Waals surface area contributed by atoms with Crippen LogP contribution in [0.5, 0.6) is 11.6 Å². The molecule has 0 spiro atoms. The Morgan fingerprint density at radius 3 is 2.74 bits per heavy atom. The quantitative estimate of drug-likeness (QED) is 0.684. The normalized spacial score (nSPS) is 12.9. The van der Waals surface area contributed by atoms with Crippen LogP contribution < -0.4 is 4.74 Å². The summed E-state index contributed by atoms with van der Waals surface area (Å²) in [5.41, 5.74) is 2.85. The van der Waals surface area contributed by atoms with Crippen molar-refractivity contribution < 1.29 is 4.74 Å². The van der Waals surface area contributed by atoms with Gasteiger partial charge in [0.2, 0.25) is 5.88 Å². The van der Waals surface area contributed by atoms with Crippen LogP contribution in [0.15, 0.2) is 42.7 Å². The van der Waals surface area contributed by atoms with Crippen molar-refractivity contribution in [1.82, 2.24) is 19.9 Å². The van der Waals surface area contributed by atoms with E-state index in [0.717, 1.165) is 36.2 Å². The molecule has 1 aliphatic rings. The molecule has 6 heteroatoms. The van der Waals surface area contributed by atoms with Gasteiger partial charge in [-0.1, -0.05) is 17.7 Å². The molecule has 0 N–H and O–H groups in total. The number of nitrogens with zero attached hydrogens (tertiary/aromatic N) is 4. The van der Waals surface area contributed by atoms with E-state index in [0.29, 0.717) is 22.6 Å². The molecule has 0 radical (unpaired) electrons. The molecule has 4 rings (SSSR count). The summed E-state index contributed by atoms with van der Waals surface area (Å²) in [6.45, 7) is 0. The third kappa shape index (κ3) is 2.87. The fraction of sp³-hybridized carbons (Fsp3) is 0.176. The molecule has 0 aliphatic heterocycles. The molecule has 0 unspecified atom stereocenters. The van der Waals surface area contributed by atoms with Gasteiger partial charge < -0.3 is 4.74 Å². The van der Waals surface area contributed by atoms with Crippen molar-refractivity contribution in [3.8, 4) is 23.1 Å². The van der Waals surface area contributed by atoms with Gasteiger partial charge in [-0.25, -0.2) is 9.97 Å². The summed E-state index contributed by atoms with van der Waals surface area (Å²) in [6.07, 6.45) is 6.24. The maximum absolute atomic E-state index is 5.94. The second-order valence-corrected chi connectivity index (χ2v) is 5.65. The summed E-state index contributed by atoms with van der Waals surface area (Å²) in [4.78, 5) is 17.6. The third-order valence-electron chi connectivity index (χ3n) is 3.70. The zero-order valence-corrected chi connectivity index (χ0v) is 13.0. The van der Waals surface area contributed by atoms with Gasteiger partial charge >= 0.3 is 0 Å². The maximum Gasteiger partial charge on any atom is 0.226 e. The standard InChI is InChI=1S/C17H13ClN4O/c18-15-8-7-11(10-20-15)23-17-12-4-3-6-13(12)21-16(22-17)14-5-1-2-9-19-14/h1-2,5,7-10H,3-4,6H2. The van der Waals surface area contributed by atoms with Crippen molar-refractivity contribution in [2.45, 2.75) is 19.3 Å². The number of halogens is 1. The molecule has 0 amide bonds. The van der Waals surface area contributed by atoms with E-state index in [1.807, 2.05) is 18.2 Å². The lowest BCUT2D eigenvalue weighted by molar-refractivity contribution is 0.454. The molecule has 0 bridgehead atoms. The first-order chi connectivity index (χ1) is 11.3. The van der Waals surface area contributed by atoms with E-state index >= 15 is 0 Å². The Bertz CT molecular complexity index is 837. The molecule has 0 atom stereocenters. The van der Waals surface area contributed by atoms with Crippen molar-refractivity contribution in [3.05, 3.63) is 59.1 Å². The highest BCUT2D eigenvalue weighted by atomic mass is 35.5. The number of pyridine rings is 2.